The third kappa shape index (κ3) is 4.96. The number of hydrogen-bond donors (Lipinski definition) is 2. The van der Waals surface area contributed by atoms with E-state index in [0.717, 1.165) is 14.2 Å². The molecule has 0 aromatic heterocycles. The number of carboxylic acids is 2. The van der Waals surface area contributed by atoms with Gasteiger partial charge in [0.25, 0.3) is 0 Å². The molecule has 122 valence electrons. The van der Waals surface area contributed by atoms with Gasteiger partial charge in [-0.05, 0) is 0 Å². The second-order valence-electron chi connectivity index (χ2n) is 4.02. The average molecular weight is 318 g/mol. The lowest BCUT2D eigenvalue weighted by Gasteiger charge is -2.10. The van der Waals surface area contributed by atoms with Gasteiger partial charge in [0.1, 0.15) is 0 Å². The Morgan fingerprint density at radius 2 is 1.00 bits per heavy atom. The molecule has 2 atom stereocenters. The molecule has 22 heavy (non-hydrogen) atoms. The van der Waals surface area contributed by atoms with Crippen molar-refractivity contribution in [2.45, 2.75) is 12.8 Å². The van der Waals surface area contributed by atoms with Crippen LogP contribution in [0.1, 0.15) is 12.8 Å². The van der Waals surface area contributed by atoms with E-state index < -0.39 is 60.1 Å². The smallest absolute Gasteiger partial charge is 0.327 e. The second kappa shape index (κ2) is 8.49. The van der Waals surface area contributed by atoms with Crippen molar-refractivity contribution in [3.8, 4) is 0 Å². The number of methoxy groups -OCH3 is 2. The number of Topliss-reactive ketones (excluding diaryl/α,β-unsaturated/α-hetero) is 2. The first-order valence-electron chi connectivity index (χ1n) is 5.84. The van der Waals surface area contributed by atoms with Crippen LogP contribution in [-0.2, 0) is 38.2 Å². The minimum atomic E-state index is -2.11. The summed E-state index contributed by atoms with van der Waals surface area (Å²) in [6.07, 6.45) is -1.46. The Bertz CT molecular complexity index is 460. The molecule has 0 aliphatic rings. The summed E-state index contributed by atoms with van der Waals surface area (Å²) in [5, 5.41) is 17.5. The van der Waals surface area contributed by atoms with Gasteiger partial charge in [0.2, 0.25) is 11.8 Å². The van der Waals surface area contributed by atoms with Crippen LogP contribution in [0.25, 0.3) is 0 Å². The van der Waals surface area contributed by atoms with Crippen LogP contribution in [0, 0.1) is 11.8 Å². The van der Waals surface area contributed by atoms with Crippen molar-refractivity contribution in [1.82, 2.24) is 0 Å². The molecule has 0 radical (unpaired) electrons. The molecule has 10 heteroatoms. The fourth-order valence-corrected chi connectivity index (χ4v) is 1.51. The number of ether oxygens (including phenoxy) is 2. The van der Waals surface area contributed by atoms with Crippen molar-refractivity contribution < 1.29 is 48.5 Å². The zero-order valence-electron chi connectivity index (χ0n) is 11.7. The molecule has 0 aliphatic carbocycles. The summed E-state index contributed by atoms with van der Waals surface area (Å²) in [6, 6.07) is 0. The Hall–Kier alpha value is -2.78. The van der Waals surface area contributed by atoms with Crippen molar-refractivity contribution in [2.75, 3.05) is 14.2 Å². The molecule has 2 unspecified atom stereocenters. The maximum Gasteiger partial charge on any atom is 0.327 e. The van der Waals surface area contributed by atoms with E-state index in [4.69, 9.17) is 10.2 Å². The van der Waals surface area contributed by atoms with Crippen LogP contribution in [0.4, 0.5) is 0 Å². The highest BCUT2D eigenvalue weighted by atomic mass is 16.5. The molecule has 0 bridgehead atoms. The van der Waals surface area contributed by atoms with Crippen molar-refractivity contribution >= 4 is 35.4 Å². The van der Waals surface area contributed by atoms with Gasteiger partial charge >= 0.3 is 23.9 Å². The van der Waals surface area contributed by atoms with E-state index in [9.17, 15) is 28.8 Å². The van der Waals surface area contributed by atoms with Crippen LogP contribution in [-0.4, -0.2) is 59.9 Å². The summed E-state index contributed by atoms with van der Waals surface area (Å²) >= 11 is 0. The quantitative estimate of drug-likeness (QED) is 0.384. The number of rotatable bonds is 9. The fourth-order valence-electron chi connectivity index (χ4n) is 1.51. The zero-order chi connectivity index (χ0) is 17.4. The van der Waals surface area contributed by atoms with Crippen LogP contribution in [0.2, 0.25) is 0 Å². The number of hydrogen-bond acceptors (Lipinski definition) is 8. The van der Waals surface area contributed by atoms with Crippen LogP contribution in [0.3, 0.4) is 0 Å². The highest BCUT2D eigenvalue weighted by Gasteiger charge is 2.38. The Balaban J connectivity index is 4.90. The lowest BCUT2D eigenvalue weighted by molar-refractivity contribution is -0.163. The van der Waals surface area contributed by atoms with Gasteiger partial charge in [-0.2, -0.15) is 0 Å². The summed E-state index contributed by atoms with van der Waals surface area (Å²) in [7, 11) is 1.77. The highest BCUT2D eigenvalue weighted by molar-refractivity contribution is 6.17. The Kier molecular flexibility index (Phi) is 7.42. The van der Waals surface area contributed by atoms with E-state index in [1.807, 2.05) is 0 Å². The van der Waals surface area contributed by atoms with Crippen LogP contribution >= 0.6 is 0 Å². The van der Waals surface area contributed by atoms with Crippen LogP contribution in [0.5, 0.6) is 0 Å². The van der Waals surface area contributed by atoms with E-state index in [-0.39, 0.29) is 0 Å². The minimum absolute atomic E-state index is 0.730. The van der Waals surface area contributed by atoms with Crippen molar-refractivity contribution in [3.63, 3.8) is 0 Å². The minimum Gasteiger partial charge on any atom is -0.480 e. The molecule has 0 saturated heterocycles. The van der Waals surface area contributed by atoms with Gasteiger partial charge in [0, 0.05) is 12.8 Å². The Labute approximate surface area is 124 Å². The molecule has 2 N–H and O–H groups in total. The number of ketones is 2. The van der Waals surface area contributed by atoms with E-state index in [1.54, 1.807) is 0 Å². The van der Waals surface area contributed by atoms with E-state index in [0.29, 0.717) is 0 Å². The maximum atomic E-state index is 11.6. The normalized spacial score (nSPS) is 12.6. The maximum absolute atomic E-state index is 11.6. The first-order valence-corrected chi connectivity index (χ1v) is 5.84. The molecule has 0 spiro atoms. The van der Waals surface area contributed by atoms with Gasteiger partial charge in [-0.3, -0.25) is 28.8 Å². The Morgan fingerprint density at radius 3 is 1.18 bits per heavy atom. The summed E-state index contributed by atoms with van der Waals surface area (Å²) in [5.74, 6) is -12.6. The van der Waals surface area contributed by atoms with E-state index >= 15 is 0 Å². The van der Waals surface area contributed by atoms with Gasteiger partial charge in [0.15, 0.2) is 11.6 Å². The molecule has 0 aromatic rings. The van der Waals surface area contributed by atoms with Gasteiger partial charge in [0.05, 0.1) is 14.2 Å². The van der Waals surface area contributed by atoms with Crippen molar-refractivity contribution in [1.29, 1.82) is 0 Å². The van der Waals surface area contributed by atoms with Gasteiger partial charge in [-0.25, -0.2) is 0 Å². The van der Waals surface area contributed by atoms with E-state index in [2.05, 4.69) is 9.47 Å². The van der Waals surface area contributed by atoms with Gasteiger partial charge < -0.3 is 19.7 Å². The lowest BCUT2D eigenvalue weighted by atomic mass is 9.95. The number of carbonyl (C=O) groups is 6. The summed E-state index contributed by atoms with van der Waals surface area (Å²) in [4.78, 5) is 67.2. The lowest BCUT2D eigenvalue weighted by Crippen LogP contribution is -2.35. The molecular weight excluding hydrogens is 304 g/mol. The van der Waals surface area contributed by atoms with Crippen molar-refractivity contribution in [3.05, 3.63) is 0 Å². The van der Waals surface area contributed by atoms with E-state index in [1.165, 1.54) is 0 Å². The number of carboxylic acid groups (broad SMARTS) is 2. The molecule has 0 aliphatic heterocycles. The molecule has 0 heterocycles. The molecular formula is C12H14O10. The summed E-state index contributed by atoms with van der Waals surface area (Å²) < 4.78 is 8.30. The Morgan fingerprint density at radius 1 is 0.727 bits per heavy atom. The molecule has 0 saturated carbocycles. The standard InChI is InChI=1S/C12H14O10/c1-21-11(19)7(9(15)16)5(13)3-4-6(14)8(10(17)18)12(20)22-2/h7-8H,3-4H2,1-2H3,(H,15,16)(H,17,18). The number of esters is 2. The van der Waals surface area contributed by atoms with Gasteiger partial charge in [-0.15, -0.1) is 0 Å². The van der Waals surface area contributed by atoms with Crippen LogP contribution in [0.15, 0.2) is 0 Å². The highest BCUT2D eigenvalue weighted by Crippen LogP contribution is 2.12. The first-order chi connectivity index (χ1) is 10.2. The van der Waals surface area contributed by atoms with Gasteiger partial charge in [-0.1, -0.05) is 0 Å². The SMILES string of the molecule is COC(=O)C(C(=O)O)C(=O)CCC(=O)C(C(=O)O)C(=O)OC. The van der Waals surface area contributed by atoms with Crippen molar-refractivity contribution in [2.24, 2.45) is 11.8 Å². The third-order valence-corrected chi connectivity index (χ3v) is 2.63. The summed E-state index contributed by atoms with van der Waals surface area (Å²) in [5.41, 5.74) is 0. The fraction of sp³-hybridized carbons (Fsp3) is 0.500. The first kappa shape index (κ1) is 19.2. The summed E-state index contributed by atoms with van der Waals surface area (Å²) in [6.45, 7) is 0. The predicted molar refractivity (Wildman–Crippen MR) is 65.5 cm³/mol. The molecule has 10 nitrogen and oxygen atoms in total. The zero-order valence-corrected chi connectivity index (χ0v) is 11.7. The molecule has 0 rings (SSSR count). The second-order valence-corrected chi connectivity index (χ2v) is 4.02. The third-order valence-electron chi connectivity index (χ3n) is 2.63. The monoisotopic (exact) mass is 318 g/mol. The molecule has 0 aromatic carbocycles. The van der Waals surface area contributed by atoms with Crippen LogP contribution < -0.4 is 0 Å². The number of aliphatic carboxylic acids is 2. The average Bonchev–Trinajstić information content (AvgIpc) is 2.44. The molecule has 0 fully saturated rings. The number of carbonyl (C=O) groups excluding carboxylic acids is 4. The topological polar surface area (TPSA) is 161 Å². The predicted octanol–water partition coefficient (Wildman–Crippen LogP) is -1.35. The molecule has 0 amide bonds. The largest absolute Gasteiger partial charge is 0.480 e.